The molecule has 1 heteroatoms. The number of terminal acetylenes is 2. The van der Waals surface area contributed by atoms with Gasteiger partial charge in [-0.2, -0.15) is 0 Å². The molecule has 0 aromatic carbocycles. The molecule has 0 aromatic rings. The molecule has 0 saturated heterocycles. The molecule has 20 heavy (non-hydrogen) atoms. The van der Waals surface area contributed by atoms with E-state index in [0.717, 1.165) is 24.1 Å². The van der Waals surface area contributed by atoms with Crippen LogP contribution in [0.25, 0.3) is 0 Å². The van der Waals surface area contributed by atoms with Crippen LogP contribution in [0.2, 0.25) is 0 Å². The van der Waals surface area contributed by atoms with Gasteiger partial charge in [0.25, 0.3) is 0 Å². The van der Waals surface area contributed by atoms with Crippen LogP contribution in [0.5, 0.6) is 0 Å². The van der Waals surface area contributed by atoms with E-state index in [4.69, 9.17) is 12.8 Å². The van der Waals surface area contributed by atoms with Crippen molar-refractivity contribution in [1.82, 2.24) is 0 Å². The van der Waals surface area contributed by atoms with E-state index in [0.29, 0.717) is 0 Å². The molecule has 0 radical (unpaired) electrons. The second-order valence-electron chi connectivity index (χ2n) is 6.25. The van der Waals surface area contributed by atoms with Crippen molar-refractivity contribution in [3.8, 4) is 24.7 Å². The van der Waals surface area contributed by atoms with Gasteiger partial charge in [0.15, 0.2) is 0 Å². The third-order valence-electron chi connectivity index (χ3n) is 4.00. The van der Waals surface area contributed by atoms with Gasteiger partial charge in [0.05, 0.1) is 13.6 Å². The van der Waals surface area contributed by atoms with Gasteiger partial charge in [-0.3, -0.25) is 0 Å². The van der Waals surface area contributed by atoms with E-state index < -0.39 is 0 Å². The number of hydrogen-bond acceptors (Lipinski definition) is 0. The Bertz CT molecular complexity index is 276. The van der Waals surface area contributed by atoms with Crippen LogP contribution in [0.1, 0.15) is 71.1 Å². The van der Waals surface area contributed by atoms with Crippen molar-refractivity contribution in [3.05, 3.63) is 0 Å². The van der Waals surface area contributed by atoms with Crippen molar-refractivity contribution in [1.29, 1.82) is 0 Å². The minimum atomic E-state index is 0.752. The summed E-state index contributed by atoms with van der Waals surface area (Å²) in [6.45, 7) is 4.89. The summed E-state index contributed by atoms with van der Waals surface area (Å²) in [5.74, 6) is 5.51. The predicted octanol–water partition coefficient (Wildman–Crippen LogP) is 4.62. The number of unbranched alkanes of at least 4 members (excludes halogenated alkanes) is 9. The molecule has 0 rings (SSSR count). The molecule has 0 N–H and O–H groups in total. The fourth-order valence-electron chi connectivity index (χ4n) is 2.64. The summed E-state index contributed by atoms with van der Waals surface area (Å²) in [6.07, 6.45) is 24.6. The lowest BCUT2D eigenvalue weighted by atomic mass is 10.1. The van der Waals surface area contributed by atoms with Crippen molar-refractivity contribution in [2.24, 2.45) is 0 Å². The standard InChI is InChI=1S/C19H34N/c1-5-8-9-10-11-12-13-14-15-16-19-20(4,17-6-2)18-7-3/h2-3H,5,8-19H2,1,4H3/q+1. The van der Waals surface area contributed by atoms with Crippen molar-refractivity contribution in [3.63, 3.8) is 0 Å². The van der Waals surface area contributed by atoms with Crippen LogP contribution in [-0.2, 0) is 0 Å². The monoisotopic (exact) mass is 276 g/mol. The first-order valence-electron chi connectivity index (χ1n) is 8.39. The molecule has 0 aliphatic heterocycles. The molecular weight excluding hydrogens is 242 g/mol. The zero-order valence-electron chi connectivity index (χ0n) is 13.8. The first kappa shape index (κ1) is 19.1. The van der Waals surface area contributed by atoms with Gasteiger partial charge < -0.3 is 4.48 Å². The van der Waals surface area contributed by atoms with Crippen molar-refractivity contribution < 1.29 is 4.48 Å². The van der Waals surface area contributed by atoms with E-state index in [-0.39, 0.29) is 0 Å². The average Bonchev–Trinajstić information content (AvgIpc) is 2.41. The Morgan fingerprint density at radius 3 is 1.50 bits per heavy atom. The molecule has 0 unspecified atom stereocenters. The molecule has 0 atom stereocenters. The molecular formula is C19H34N+. The van der Waals surface area contributed by atoms with E-state index in [1.54, 1.807) is 0 Å². The number of hydrogen-bond donors (Lipinski definition) is 0. The van der Waals surface area contributed by atoms with Gasteiger partial charge in [0.2, 0.25) is 0 Å². The highest BCUT2D eigenvalue weighted by Gasteiger charge is 2.17. The lowest BCUT2D eigenvalue weighted by molar-refractivity contribution is -0.896. The fourth-order valence-corrected chi connectivity index (χ4v) is 2.64. The van der Waals surface area contributed by atoms with Crippen LogP contribution in [0.15, 0.2) is 0 Å². The van der Waals surface area contributed by atoms with Gasteiger partial charge in [-0.05, 0) is 24.7 Å². The highest BCUT2D eigenvalue weighted by Crippen LogP contribution is 2.12. The van der Waals surface area contributed by atoms with Crippen molar-refractivity contribution in [2.45, 2.75) is 71.1 Å². The minimum Gasteiger partial charge on any atom is -0.306 e. The molecule has 0 saturated carbocycles. The molecule has 0 aliphatic carbocycles. The second-order valence-corrected chi connectivity index (χ2v) is 6.25. The first-order valence-corrected chi connectivity index (χ1v) is 8.39. The SMILES string of the molecule is C#CC[N+](C)(CC#C)CCCCCCCCCCCC. The first-order chi connectivity index (χ1) is 9.68. The summed E-state index contributed by atoms with van der Waals surface area (Å²) >= 11 is 0. The zero-order chi connectivity index (χ0) is 15.1. The largest absolute Gasteiger partial charge is 0.306 e. The number of nitrogens with zero attached hydrogens (tertiary/aromatic N) is 1. The summed E-state index contributed by atoms with van der Waals surface area (Å²) in [5.41, 5.74) is 0. The maximum Gasteiger partial charge on any atom is 0.141 e. The molecule has 1 nitrogen and oxygen atoms in total. The summed E-state index contributed by atoms with van der Waals surface area (Å²) in [4.78, 5) is 0. The Kier molecular flexibility index (Phi) is 12.5. The fraction of sp³-hybridized carbons (Fsp3) is 0.789. The third kappa shape index (κ3) is 11.0. The van der Waals surface area contributed by atoms with E-state index in [2.05, 4.69) is 25.8 Å². The summed E-state index contributed by atoms with van der Waals surface area (Å²) in [7, 11) is 2.17. The normalized spacial score (nSPS) is 11.0. The Labute approximate surface area is 127 Å². The lowest BCUT2D eigenvalue weighted by Crippen LogP contribution is -2.45. The molecule has 0 aromatic heterocycles. The lowest BCUT2D eigenvalue weighted by Gasteiger charge is -2.30. The van der Waals surface area contributed by atoms with Crippen LogP contribution in [0, 0.1) is 24.7 Å². The highest BCUT2D eigenvalue weighted by molar-refractivity contribution is 4.88. The topological polar surface area (TPSA) is 0 Å². The molecule has 0 spiro atoms. The third-order valence-corrected chi connectivity index (χ3v) is 4.00. The quantitative estimate of drug-likeness (QED) is 0.261. The smallest absolute Gasteiger partial charge is 0.141 e. The van der Waals surface area contributed by atoms with Crippen molar-refractivity contribution >= 4 is 0 Å². The van der Waals surface area contributed by atoms with E-state index in [1.165, 1.54) is 64.2 Å². The van der Waals surface area contributed by atoms with Crippen LogP contribution >= 0.6 is 0 Å². The van der Waals surface area contributed by atoms with Gasteiger partial charge in [0.1, 0.15) is 13.1 Å². The van der Waals surface area contributed by atoms with Gasteiger partial charge in [-0.1, -0.05) is 58.3 Å². The molecule has 0 aliphatic rings. The maximum atomic E-state index is 5.43. The molecule has 0 amide bonds. The Hall–Kier alpha value is -0.920. The average molecular weight is 276 g/mol. The molecule has 114 valence electrons. The second kappa shape index (κ2) is 13.1. The van der Waals surface area contributed by atoms with Gasteiger partial charge in [0, 0.05) is 0 Å². The van der Waals surface area contributed by atoms with E-state index >= 15 is 0 Å². The van der Waals surface area contributed by atoms with E-state index in [1.807, 2.05) is 0 Å². The number of rotatable bonds is 13. The van der Waals surface area contributed by atoms with Crippen molar-refractivity contribution in [2.75, 3.05) is 26.7 Å². The molecule has 0 heterocycles. The summed E-state index contributed by atoms with van der Waals surface area (Å²) in [5, 5.41) is 0. The molecule has 0 bridgehead atoms. The Morgan fingerprint density at radius 2 is 1.10 bits per heavy atom. The maximum absolute atomic E-state index is 5.43. The van der Waals surface area contributed by atoms with Gasteiger partial charge in [-0.15, -0.1) is 12.8 Å². The zero-order valence-corrected chi connectivity index (χ0v) is 13.8. The predicted molar refractivity (Wildman–Crippen MR) is 90.3 cm³/mol. The van der Waals surface area contributed by atoms with Crippen LogP contribution in [0.3, 0.4) is 0 Å². The van der Waals surface area contributed by atoms with Crippen LogP contribution < -0.4 is 0 Å². The summed E-state index contributed by atoms with van der Waals surface area (Å²) < 4.78 is 0.837. The Balaban J connectivity index is 3.47. The summed E-state index contributed by atoms with van der Waals surface area (Å²) in [6, 6.07) is 0. The van der Waals surface area contributed by atoms with Crippen LogP contribution in [-0.4, -0.2) is 31.2 Å². The van der Waals surface area contributed by atoms with E-state index in [9.17, 15) is 0 Å². The molecule has 0 fully saturated rings. The highest BCUT2D eigenvalue weighted by atomic mass is 15.3. The number of quaternary nitrogens is 1. The Morgan fingerprint density at radius 1 is 0.700 bits per heavy atom. The van der Waals surface area contributed by atoms with Crippen LogP contribution in [0.4, 0.5) is 0 Å². The minimum absolute atomic E-state index is 0.752. The van der Waals surface area contributed by atoms with Gasteiger partial charge in [-0.25, -0.2) is 0 Å². The van der Waals surface area contributed by atoms with Gasteiger partial charge >= 0.3 is 0 Å².